The van der Waals surface area contributed by atoms with Gasteiger partial charge in [0, 0.05) is 30.8 Å². The number of hydrogen-bond acceptors (Lipinski definition) is 3. The first-order chi connectivity index (χ1) is 6.43. The number of nitrogens with two attached hydrogens (primary N) is 2. The van der Waals surface area contributed by atoms with Crippen LogP contribution < -0.4 is 11.5 Å². The molecule has 14 heavy (non-hydrogen) atoms. The summed E-state index contributed by atoms with van der Waals surface area (Å²) >= 11 is 0. The molecular formula is C9H16N4O. The average molecular weight is 196 g/mol. The summed E-state index contributed by atoms with van der Waals surface area (Å²) in [4.78, 5) is 10.7. The summed E-state index contributed by atoms with van der Waals surface area (Å²) in [5.74, 6) is -0.389. The SMILES string of the molecule is Cc1nn(C)c(C)c1[C@H](N)CC(N)=O. The molecule has 1 aromatic heterocycles. The van der Waals surface area contributed by atoms with Gasteiger partial charge in [-0.2, -0.15) is 5.10 Å². The molecule has 0 aliphatic rings. The van der Waals surface area contributed by atoms with Crippen molar-refractivity contribution in [3.8, 4) is 0 Å². The van der Waals surface area contributed by atoms with Gasteiger partial charge in [-0.15, -0.1) is 0 Å². The highest BCUT2D eigenvalue weighted by molar-refractivity contribution is 5.74. The van der Waals surface area contributed by atoms with Gasteiger partial charge >= 0.3 is 0 Å². The van der Waals surface area contributed by atoms with Crippen LogP contribution in [0.2, 0.25) is 0 Å². The second-order valence-corrected chi connectivity index (χ2v) is 3.49. The van der Waals surface area contributed by atoms with Gasteiger partial charge in [-0.05, 0) is 13.8 Å². The largest absolute Gasteiger partial charge is 0.370 e. The van der Waals surface area contributed by atoms with Gasteiger partial charge < -0.3 is 11.5 Å². The molecule has 1 heterocycles. The summed E-state index contributed by atoms with van der Waals surface area (Å²) in [6, 6.07) is -0.346. The van der Waals surface area contributed by atoms with Crippen molar-refractivity contribution in [2.45, 2.75) is 26.3 Å². The Labute approximate surface area is 83.1 Å². The monoisotopic (exact) mass is 196 g/mol. The highest BCUT2D eigenvalue weighted by Gasteiger charge is 2.17. The summed E-state index contributed by atoms with van der Waals surface area (Å²) < 4.78 is 1.76. The zero-order chi connectivity index (χ0) is 10.9. The fourth-order valence-corrected chi connectivity index (χ4v) is 1.65. The predicted octanol–water partition coefficient (Wildman–Crippen LogP) is -0.0879. The second-order valence-electron chi connectivity index (χ2n) is 3.49. The number of carbonyl (C=O) groups is 1. The summed E-state index contributed by atoms with van der Waals surface area (Å²) in [6.45, 7) is 3.80. The Morgan fingerprint density at radius 3 is 2.50 bits per heavy atom. The molecular weight excluding hydrogens is 180 g/mol. The van der Waals surface area contributed by atoms with Crippen molar-refractivity contribution in [1.29, 1.82) is 0 Å². The first kappa shape index (κ1) is 10.7. The lowest BCUT2D eigenvalue weighted by Crippen LogP contribution is -2.21. The summed E-state index contributed by atoms with van der Waals surface area (Å²) in [6.07, 6.45) is 0.160. The third-order valence-electron chi connectivity index (χ3n) is 2.36. The van der Waals surface area contributed by atoms with Gasteiger partial charge in [-0.25, -0.2) is 0 Å². The van der Waals surface area contributed by atoms with Crippen LogP contribution in [0.1, 0.15) is 29.4 Å². The Kier molecular flexibility index (Phi) is 2.90. The van der Waals surface area contributed by atoms with Gasteiger partial charge in [0.1, 0.15) is 0 Å². The van der Waals surface area contributed by atoms with E-state index < -0.39 is 0 Å². The first-order valence-corrected chi connectivity index (χ1v) is 4.47. The van der Waals surface area contributed by atoms with Gasteiger partial charge in [0.2, 0.25) is 5.91 Å². The summed E-state index contributed by atoms with van der Waals surface area (Å²) in [7, 11) is 1.85. The van der Waals surface area contributed by atoms with E-state index in [9.17, 15) is 4.79 Å². The molecule has 78 valence electrons. The van der Waals surface area contributed by atoms with Gasteiger partial charge in [-0.1, -0.05) is 0 Å². The van der Waals surface area contributed by atoms with E-state index in [1.807, 2.05) is 20.9 Å². The summed E-state index contributed by atoms with van der Waals surface area (Å²) in [5, 5.41) is 4.22. The lowest BCUT2D eigenvalue weighted by Gasteiger charge is -2.09. The minimum absolute atomic E-state index is 0.160. The molecule has 0 spiro atoms. The third-order valence-corrected chi connectivity index (χ3v) is 2.36. The standard InChI is InChI=1S/C9H16N4O/c1-5-9(6(2)13(3)12-5)7(10)4-8(11)14/h7H,4,10H2,1-3H3,(H2,11,14)/t7-/m1/s1. The molecule has 0 aliphatic carbocycles. The quantitative estimate of drug-likeness (QED) is 0.708. The molecule has 0 aliphatic heterocycles. The fourth-order valence-electron chi connectivity index (χ4n) is 1.65. The maximum Gasteiger partial charge on any atom is 0.219 e. The van der Waals surface area contributed by atoms with E-state index in [1.165, 1.54) is 0 Å². The zero-order valence-corrected chi connectivity index (χ0v) is 8.74. The van der Waals surface area contributed by atoms with Crippen LogP contribution in [0, 0.1) is 13.8 Å². The Morgan fingerprint density at radius 2 is 2.14 bits per heavy atom. The molecule has 1 aromatic rings. The number of aryl methyl sites for hydroxylation is 2. The van der Waals surface area contributed by atoms with E-state index in [0.29, 0.717) is 0 Å². The molecule has 0 saturated carbocycles. The number of nitrogens with zero attached hydrogens (tertiary/aromatic N) is 2. The Morgan fingerprint density at radius 1 is 1.57 bits per heavy atom. The van der Waals surface area contributed by atoms with Gasteiger partial charge in [0.25, 0.3) is 0 Å². The van der Waals surface area contributed by atoms with Crippen LogP contribution >= 0.6 is 0 Å². The van der Waals surface area contributed by atoms with Crippen LogP contribution in [0.4, 0.5) is 0 Å². The lowest BCUT2D eigenvalue weighted by atomic mass is 10.0. The van der Waals surface area contributed by atoms with Crippen LogP contribution in [0.5, 0.6) is 0 Å². The minimum Gasteiger partial charge on any atom is -0.370 e. The molecule has 1 amide bonds. The number of rotatable bonds is 3. The molecule has 1 atom stereocenters. The van der Waals surface area contributed by atoms with E-state index >= 15 is 0 Å². The smallest absolute Gasteiger partial charge is 0.219 e. The maximum atomic E-state index is 10.7. The first-order valence-electron chi connectivity index (χ1n) is 4.47. The Bertz CT molecular complexity index is 356. The Hall–Kier alpha value is -1.36. The van der Waals surface area contributed by atoms with Gasteiger partial charge in [-0.3, -0.25) is 9.48 Å². The molecule has 5 heteroatoms. The van der Waals surface area contributed by atoms with E-state index in [0.717, 1.165) is 17.0 Å². The highest BCUT2D eigenvalue weighted by Crippen LogP contribution is 2.21. The number of hydrogen-bond donors (Lipinski definition) is 2. The van der Waals surface area contributed by atoms with Crippen LogP contribution in [-0.2, 0) is 11.8 Å². The van der Waals surface area contributed by atoms with Crippen molar-refractivity contribution in [2.24, 2.45) is 18.5 Å². The maximum absolute atomic E-state index is 10.7. The number of carbonyl (C=O) groups excluding carboxylic acids is 1. The molecule has 4 N–H and O–H groups in total. The van der Waals surface area contributed by atoms with E-state index in [2.05, 4.69) is 5.10 Å². The number of aromatic nitrogens is 2. The van der Waals surface area contributed by atoms with Crippen LogP contribution in [0.15, 0.2) is 0 Å². The molecule has 0 bridgehead atoms. The van der Waals surface area contributed by atoms with Gasteiger partial charge in [0.15, 0.2) is 0 Å². The highest BCUT2D eigenvalue weighted by atomic mass is 16.1. The van der Waals surface area contributed by atoms with Crippen LogP contribution in [0.3, 0.4) is 0 Å². The predicted molar refractivity (Wildman–Crippen MR) is 53.4 cm³/mol. The van der Waals surface area contributed by atoms with E-state index in [-0.39, 0.29) is 18.4 Å². The number of amides is 1. The van der Waals surface area contributed by atoms with Gasteiger partial charge in [0.05, 0.1) is 5.69 Å². The minimum atomic E-state index is -0.389. The normalized spacial score (nSPS) is 12.9. The molecule has 1 rings (SSSR count). The van der Waals surface area contributed by atoms with Crippen molar-refractivity contribution in [2.75, 3.05) is 0 Å². The van der Waals surface area contributed by atoms with E-state index in [1.54, 1.807) is 4.68 Å². The molecule has 0 radical (unpaired) electrons. The number of primary amides is 1. The van der Waals surface area contributed by atoms with Crippen molar-refractivity contribution in [1.82, 2.24) is 9.78 Å². The van der Waals surface area contributed by atoms with E-state index in [4.69, 9.17) is 11.5 Å². The van der Waals surface area contributed by atoms with Crippen molar-refractivity contribution in [3.63, 3.8) is 0 Å². The lowest BCUT2D eigenvalue weighted by molar-refractivity contribution is -0.118. The topological polar surface area (TPSA) is 86.9 Å². The van der Waals surface area contributed by atoms with Crippen molar-refractivity contribution < 1.29 is 4.79 Å². The second kappa shape index (κ2) is 3.79. The third kappa shape index (κ3) is 1.93. The van der Waals surface area contributed by atoms with Crippen molar-refractivity contribution in [3.05, 3.63) is 17.0 Å². The summed E-state index contributed by atoms with van der Waals surface area (Å²) in [5.41, 5.74) is 13.7. The molecule has 0 saturated heterocycles. The Balaban J connectivity index is 2.99. The molecule has 5 nitrogen and oxygen atoms in total. The zero-order valence-electron chi connectivity index (χ0n) is 8.74. The average Bonchev–Trinajstić information content (AvgIpc) is 2.25. The van der Waals surface area contributed by atoms with Crippen LogP contribution in [-0.4, -0.2) is 15.7 Å². The fraction of sp³-hybridized carbons (Fsp3) is 0.556. The molecule has 0 unspecified atom stereocenters. The van der Waals surface area contributed by atoms with Crippen LogP contribution in [0.25, 0.3) is 0 Å². The van der Waals surface area contributed by atoms with Crippen molar-refractivity contribution >= 4 is 5.91 Å². The molecule has 0 fully saturated rings. The molecule has 0 aromatic carbocycles.